The molecule has 1 heterocycles. The molecule has 118 valence electrons. The van der Waals surface area contributed by atoms with Gasteiger partial charge in [-0.3, -0.25) is 4.79 Å². The topological polar surface area (TPSA) is 42.2 Å². The van der Waals surface area contributed by atoms with Crippen LogP contribution in [0.3, 0.4) is 0 Å². The number of halogens is 2. The lowest BCUT2D eigenvalue weighted by molar-refractivity contribution is 0.102. The second-order valence-electron chi connectivity index (χ2n) is 5.39. The Balaban J connectivity index is 1.70. The number of para-hydroxylation sites is 1. The molecule has 0 saturated carbocycles. The van der Waals surface area contributed by atoms with Crippen LogP contribution in [0.2, 0.25) is 5.02 Å². The summed E-state index contributed by atoms with van der Waals surface area (Å²) in [5.41, 5.74) is 2.62. The van der Waals surface area contributed by atoms with Crippen molar-refractivity contribution in [3.05, 3.63) is 75.7 Å². The standard InChI is InChI=1S/C19H11BrClNO2/c20-11-5-8-16(21)15(9-11)19(23)22-12-6-7-14-13-3-1-2-4-17(13)24-18(14)10-12/h1-10H,(H,22,23). The molecule has 0 saturated heterocycles. The van der Waals surface area contributed by atoms with E-state index in [2.05, 4.69) is 21.2 Å². The quantitative estimate of drug-likeness (QED) is 0.432. The molecule has 0 aliphatic heterocycles. The minimum atomic E-state index is -0.267. The van der Waals surface area contributed by atoms with Gasteiger partial charge >= 0.3 is 0 Å². The number of benzene rings is 3. The summed E-state index contributed by atoms with van der Waals surface area (Å²) in [7, 11) is 0. The maximum atomic E-state index is 12.4. The number of fused-ring (bicyclic) bond motifs is 3. The predicted molar refractivity (Wildman–Crippen MR) is 101 cm³/mol. The number of carbonyl (C=O) groups excluding carboxylic acids is 1. The summed E-state index contributed by atoms with van der Waals surface area (Å²) < 4.78 is 6.63. The van der Waals surface area contributed by atoms with Gasteiger partial charge in [-0.2, -0.15) is 0 Å². The van der Waals surface area contributed by atoms with E-state index in [-0.39, 0.29) is 5.91 Å². The fraction of sp³-hybridized carbons (Fsp3) is 0. The molecule has 0 bridgehead atoms. The molecule has 0 fully saturated rings. The summed E-state index contributed by atoms with van der Waals surface area (Å²) in [4.78, 5) is 12.4. The van der Waals surface area contributed by atoms with E-state index in [1.54, 1.807) is 18.2 Å². The van der Waals surface area contributed by atoms with E-state index in [1.165, 1.54) is 0 Å². The molecule has 4 rings (SSSR count). The van der Waals surface area contributed by atoms with Crippen molar-refractivity contribution in [3.8, 4) is 0 Å². The molecule has 0 spiro atoms. The van der Waals surface area contributed by atoms with Gasteiger partial charge in [0.25, 0.3) is 5.91 Å². The SMILES string of the molecule is O=C(Nc1ccc2c(c1)oc1ccccc12)c1cc(Br)ccc1Cl. The van der Waals surface area contributed by atoms with Crippen LogP contribution in [0.15, 0.2) is 69.6 Å². The maximum Gasteiger partial charge on any atom is 0.257 e. The van der Waals surface area contributed by atoms with E-state index >= 15 is 0 Å². The Morgan fingerprint density at radius 2 is 1.75 bits per heavy atom. The van der Waals surface area contributed by atoms with E-state index < -0.39 is 0 Å². The van der Waals surface area contributed by atoms with Crippen molar-refractivity contribution >= 4 is 61.1 Å². The molecule has 24 heavy (non-hydrogen) atoms. The number of rotatable bonds is 2. The molecule has 0 unspecified atom stereocenters. The zero-order chi connectivity index (χ0) is 16.7. The number of anilines is 1. The normalized spacial score (nSPS) is 11.1. The number of hydrogen-bond acceptors (Lipinski definition) is 2. The average molecular weight is 401 g/mol. The Bertz CT molecular complexity index is 1090. The van der Waals surface area contributed by atoms with Gasteiger partial charge in [0.2, 0.25) is 0 Å². The first-order chi connectivity index (χ1) is 11.6. The maximum absolute atomic E-state index is 12.4. The number of amides is 1. The molecule has 4 aromatic rings. The minimum absolute atomic E-state index is 0.267. The van der Waals surface area contributed by atoms with Gasteiger partial charge in [-0.1, -0.05) is 45.7 Å². The average Bonchev–Trinajstić information content (AvgIpc) is 2.94. The molecule has 5 heteroatoms. The highest BCUT2D eigenvalue weighted by Gasteiger charge is 2.13. The van der Waals surface area contributed by atoms with Crippen LogP contribution in [0.1, 0.15) is 10.4 Å². The van der Waals surface area contributed by atoms with E-state index in [9.17, 15) is 4.79 Å². The van der Waals surface area contributed by atoms with Crippen LogP contribution in [0.4, 0.5) is 5.69 Å². The van der Waals surface area contributed by atoms with Crippen molar-refractivity contribution in [2.75, 3.05) is 5.32 Å². The van der Waals surface area contributed by atoms with E-state index in [4.69, 9.17) is 16.0 Å². The second-order valence-corrected chi connectivity index (χ2v) is 6.71. The summed E-state index contributed by atoms with van der Waals surface area (Å²) in [6, 6.07) is 18.6. The Labute approximate surface area is 151 Å². The summed E-state index contributed by atoms with van der Waals surface area (Å²) >= 11 is 9.45. The second kappa shape index (κ2) is 5.96. The molecule has 0 atom stereocenters. The van der Waals surface area contributed by atoms with Crippen LogP contribution < -0.4 is 5.32 Å². The van der Waals surface area contributed by atoms with Gasteiger partial charge in [0.05, 0.1) is 10.6 Å². The van der Waals surface area contributed by atoms with Crippen molar-refractivity contribution in [2.45, 2.75) is 0 Å². The zero-order valence-electron chi connectivity index (χ0n) is 12.3. The molecule has 1 aromatic heterocycles. The lowest BCUT2D eigenvalue weighted by atomic mass is 10.1. The number of furan rings is 1. The van der Waals surface area contributed by atoms with Crippen LogP contribution in [-0.2, 0) is 0 Å². The fourth-order valence-corrected chi connectivity index (χ4v) is 3.24. The lowest BCUT2D eigenvalue weighted by Crippen LogP contribution is -2.12. The van der Waals surface area contributed by atoms with Gasteiger partial charge < -0.3 is 9.73 Å². The molecule has 0 aliphatic carbocycles. The van der Waals surface area contributed by atoms with Gasteiger partial charge in [0, 0.05) is 27.0 Å². The van der Waals surface area contributed by atoms with Crippen molar-refractivity contribution < 1.29 is 9.21 Å². The summed E-state index contributed by atoms with van der Waals surface area (Å²) in [6.07, 6.45) is 0. The highest BCUT2D eigenvalue weighted by Crippen LogP contribution is 2.30. The van der Waals surface area contributed by atoms with Crippen LogP contribution in [0.25, 0.3) is 21.9 Å². The van der Waals surface area contributed by atoms with Gasteiger partial charge in [0.15, 0.2) is 0 Å². The molecule has 0 aliphatic rings. The van der Waals surface area contributed by atoms with Gasteiger partial charge in [-0.25, -0.2) is 0 Å². The van der Waals surface area contributed by atoms with Crippen LogP contribution in [0, 0.1) is 0 Å². The Kier molecular flexibility index (Phi) is 3.79. The third kappa shape index (κ3) is 2.68. The van der Waals surface area contributed by atoms with E-state index in [1.807, 2.05) is 42.5 Å². The van der Waals surface area contributed by atoms with Crippen LogP contribution >= 0.6 is 27.5 Å². The smallest absolute Gasteiger partial charge is 0.257 e. The summed E-state index contributed by atoms with van der Waals surface area (Å²) in [5.74, 6) is -0.267. The monoisotopic (exact) mass is 399 g/mol. The minimum Gasteiger partial charge on any atom is -0.456 e. The van der Waals surface area contributed by atoms with Gasteiger partial charge in [-0.05, 0) is 36.4 Å². The van der Waals surface area contributed by atoms with E-state index in [0.29, 0.717) is 16.3 Å². The third-order valence-electron chi connectivity index (χ3n) is 3.81. The highest BCUT2D eigenvalue weighted by molar-refractivity contribution is 9.10. The molecular weight excluding hydrogens is 390 g/mol. The predicted octanol–water partition coefficient (Wildman–Crippen LogP) is 6.25. The molecule has 1 amide bonds. The summed E-state index contributed by atoms with van der Waals surface area (Å²) in [6.45, 7) is 0. The first-order valence-electron chi connectivity index (χ1n) is 7.29. The highest BCUT2D eigenvalue weighted by atomic mass is 79.9. The van der Waals surface area contributed by atoms with Crippen molar-refractivity contribution in [2.24, 2.45) is 0 Å². The largest absolute Gasteiger partial charge is 0.456 e. The first-order valence-corrected chi connectivity index (χ1v) is 8.46. The van der Waals surface area contributed by atoms with Crippen LogP contribution in [0.5, 0.6) is 0 Å². The summed E-state index contributed by atoms with van der Waals surface area (Å²) in [5, 5.41) is 5.34. The third-order valence-corrected chi connectivity index (χ3v) is 4.63. The van der Waals surface area contributed by atoms with E-state index in [0.717, 1.165) is 26.4 Å². The fourth-order valence-electron chi connectivity index (χ4n) is 2.67. The molecule has 3 aromatic carbocycles. The van der Waals surface area contributed by atoms with Crippen molar-refractivity contribution in [1.29, 1.82) is 0 Å². The van der Waals surface area contributed by atoms with Crippen molar-refractivity contribution in [3.63, 3.8) is 0 Å². The number of hydrogen-bond donors (Lipinski definition) is 1. The first kappa shape index (κ1) is 15.2. The van der Waals surface area contributed by atoms with Gasteiger partial charge in [-0.15, -0.1) is 0 Å². The number of carbonyl (C=O) groups is 1. The molecular formula is C19H11BrClNO2. The Morgan fingerprint density at radius 3 is 2.62 bits per heavy atom. The van der Waals surface area contributed by atoms with Crippen LogP contribution in [-0.4, -0.2) is 5.91 Å². The van der Waals surface area contributed by atoms with Gasteiger partial charge in [0.1, 0.15) is 11.2 Å². The lowest BCUT2D eigenvalue weighted by Gasteiger charge is -2.07. The molecule has 1 N–H and O–H groups in total. The molecule has 0 radical (unpaired) electrons. The van der Waals surface area contributed by atoms with Crippen molar-refractivity contribution in [1.82, 2.24) is 0 Å². The molecule has 3 nitrogen and oxygen atoms in total. The Morgan fingerprint density at radius 1 is 0.958 bits per heavy atom. The zero-order valence-corrected chi connectivity index (χ0v) is 14.7. The Hall–Kier alpha value is -2.30. The number of nitrogens with one attached hydrogen (secondary N) is 1.